The number of carbonyl (C=O) groups excluding carboxylic acids is 1. The molecule has 1 aromatic carbocycles. The van der Waals surface area contributed by atoms with Gasteiger partial charge in [0.1, 0.15) is 18.5 Å². The number of aryl methyl sites for hydroxylation is 1. The van der Waals surface area contributed by atoms with Crippen molar-refractivity contribution in [3.63, 3.8) is 0 Å². The van der Waals surface area contributed by atoms with E-state index in [1.54, 1.807) is 23.1 Å². The average molecular weight is 302 g/mol. The summed E-state index contributed by atoms with van der Waals surface area (Å²) in [6.07, 6.45) is 6.52. The molecular weight excluding hydrogens is 283 g/mol. The number of aromatic nitrogens is 3. The van der Waals surface area contributed by atoms with Crippen LogP contribution in [0.1, 0.15) is 37.3 Å². The van der Waals surface area contributed by atoms with Crippen LogP contribution in [0.5, 0.6) is 0 Å². The van der Waals surface area contributed by atoms with Gasteiger partial charge in [-0.25, -0.2) is 9.37 Å². The maximum absolute atomic E-state index is 13.1. The normalized spacial score (nSPS) is 18.4. The molecule has 2 heterocycles. The number of hydrogen-bond donors (Lipinski definition) is 0. The quantitative estimate of drug-likeness (QED) is 0.872. The Kier molecular flexibility index (Phi) is 4.46. The lowest BCUT2D eigenvalue weighted by Crippen LogP contribution is -2.38. The molecule has 2 aromatic rings. The van der Waals surface area contributed by atoms with Gasteiger partial charge in [0.2, 0.25) is 5.91 Å². The topological polar surface area (TPSA) is 51.0 Å². The first-order valence-electron chi connectivity index (χ1n) is 7.61. The fourth-order valence-corrected chi connectivity index (χ4v) is 2.96. The highest BCUT2D eigenvalue weighted by molar-refractivity contribution is 5.76. The van der Waals surface area contributed by atoms with E-state index < -0.39 is 0 Å². The van der Waals surface area contributed by atoms with E-state index in [2.05, 4.69) is 10.1 Å². The van der Waals surface area contributed by atoms with Gasteiger partial charge < -0.3 is 4.90 Å². The largest absolute Gasteiger partial charge is 0.336 e. The van der Waals surface area contributed by atoms with Gasteiger partial charge in [0.15, 0.2) is 0 Å². The molecule has 1 aliphatic heterocycles. The number of amides is 1. The molecule has 116 valence electrons. The van der Waals surface area contributed by atoms with E-state index in [-0.39, 0.29) is 17.8 Å². The highest BCUT2D eigenvalue weighted by Crippen LogP contribution is 2.31. The zero-order chi connectivity index (χ0) is 15.4. The van der Waals surface area contributed by atoms with Crippen LogP contribution in [0.4, 0.5) is 4.39 Å². The van der Waals surface area contributed by atoms with Crippen LogP contribution in [0.25, 0.3) is 0 Å². The van der Waals surface area contributed by atoms with Gasteiger partial charge >= 0.3 is 0 Å². The molecule has 1 aromatic heterocycles. The Morgan fingerprint density at radius 1 is 1.27 bits per heavy atom. The molecule has 1 atom stereocenters. The van der Waals surface area contributed by atoms with Crippen LogP contribution in [-0.2, 0) is 11.3 Å². The third-order valence-corrected chi connectivity index (χ3v) is 4.10. The van der Waals surface area contributed by atoms with E-state index in [0.29, 0.717) is 13.0 Å². The van der Waals surface area contributed by atoms with Gasteiger partial charge in [-0.3, -0.25) is 9.48 Å². The minimum atomic E-state index is -0.247. The number of rotatable bonds is 4. The number of nitrogens with zero attached hydrogens (tertiary/aromatic N) is 4. The Morgan fingerprint density at radius 3 is 2.82 bits per heavy atom. The summed E-state index contributed by atoms with van der Waals surface area (Å²) in [6.45, 7) is 1.30. The lowest BCUT2D eigenvalue weighted by Gasteiger charge is -2.36. The van der Waals surface area contributed by atoms with Crippen LogP contribution in [0.3, 0.4) is 0 Å². The van der Waals surface area contributed by atoms with Crippen molar-refractivity contribution in [2.75, 3.05) is 6.54 Å². The van der Waals surface area contributed by atoms with Crippen molar-refractivity contribution in [3.8, 4) is 0 Å². The van der Waals surface area contributed by atoms with E-state index in [0.717, 1.165) is 31.4 Å². The first kappa shape index (κ1) is 14.7. The van der Waals surface area contributed by atoms with Crippen molar-refractivity contribution in [1.29, 1.82) is 0 Å². The smallest absolute Gasteiger partial charge is 0.224 e. The summed E-state index contributed by atoms with van der Waals surface area (Å²) in [7, 11) is 0. The summed E-state index contributed by atoms with van der Waals surface area (Å²) in [6, 6.07) is 6.54. The lowest BCUT2D eigenvalue weighted by molar-refractivity contribution is -0.135. The van der Waals surface area contributed by atoms with E-state index >= 15 is 0 Å². The third-order valence-electron chi connectivity index (χ3n) is 4.10. The molecule has 5 nitrogen and oxygen atoms in total. The number of piperidine rings is 1. The SMILES string of the molecule is O=C(CCn1cncn1)N1CCCC[C@@H]1c1ccc(F)cc1. The Labute approximate surface area is 128 Å². The highest BCUT2D eigenvalue weighted by atomic mass is 19.1. The molecule has 0 unspecified atom stereocenters. The van der Waals surface area contributed by atoms with Crippen molar-refractivity contribution in [2.24, 2.45) is 0 Å². The van der Waals surface area contributed by atoms with Crippen molar-refractivity contribution < 1.29 is 9.18 Å². The predicted octanol–water partition coefficient (Wildman–Crippen LogP) is 2.56. The molecule has 6 heteroatoms. The maximum Gasteiger partial charge on any atom is 0.224 e. The van der Waals surface area contributed by atoms with E-state index in [1.165, 1.54) is 18.5 Å². The summed E-state index contributed by atoms with van der Waals surface area (Å²) < 4.78 is 14.8. The molecule has 3 rings (SSSR count). The molecular formula is C16H19FN4O. The fourth-order valence-electron chi connectivity index (χ4n) is 2.96. The number of likely N-dealkylation sites (tertiary alicyclic amines) is 1. The van der Waals surface area contributed by atoms with Crippen LogP contribution in [0, 0.1) is 5.82 Å². The van der Waals surface area contributed by atoms with Crippen LogP contribution in [0.15, 0.2) is 36.9 Å². The average Bonchev–Trinajstić information content (AvgIpc) is 3.07. The summed E-state index contributed by atoms with van der Waals surface area (Å²) in [5.41, 5.74) is 1.01. The zero-order valence-corrected chi connectivity index (χ0v) is 12.4. The summed E-state index contributed by atoms with van der Waals surface area (Å²) >= 11 is 0. The zero-order valence-electron chi connectivity index (χ0n) is 12.4. The predicted molar refractivity (Wildman–Crippen MR) is 79.3 cm³/mol. The van der Waals surface area contributed by atoms with Crippen LogP contribution >= 0.6 is 0 Å². The third kappa shape index (κ3) is 3.32. The van der Waals surface area contributed by atoms with Gasteiger partial charge in [0.05, 0.1) is 12.6 Å². The molecule has 0 spiro atoms. The Bertz CT molecular complexity index is 612. The monoisotopic (exact) mass is 302 g/mol. The summed E-state index contributed by atoms with van der Waals surface area (Å²) in [4.78, 5) is 18.3. The summed E-state index contributed by atoms with van der Waals surface area (Å²) in [5.74, 6) is -0.131. The van der Waals surface area contributed by atoms with Gasteiger partial charge in [-0.1, -0.05) is 12.1 Å². The molecule has 1 amide bonds. The van der Waals surface area contributed by atoms with Crippen LogP contribution in [0.2, 0.25) is 0 Å². The number of carbonyl (C=O) groups is 1. The molecule has 1 saturated heterocycles. The van der Waals surface area contributed by atoms with Gasteiger partial charge in [-0.05, 0) is 37.0 Å². The lowest BCUT2D eigenvalue weighted by atomic mass is 9.95. The van der Waals surface area contributed by atoms with Gasteiger partial charge in [-0.2, -0.15) is 5.10 Å². The first-order chi connectivity index (χ1) is 10.7. The van der Waals surface area contributed by atoms with Gasteiger partial charge in [0.25, 0.3) is 0 Å². The van der Waals surface area contributed by atoms with Gasteiger partial charge in [0, 0.05) is 13.0 Å². The maximum atomic E-state index is 13.1. The fraction of sp³-hybridized carbons (Fsp3) is 0.438. The second-order valence-corrected chi connectivity index (χ2v) is 5.56. The number of halogens is 1. The van der Waals surface area contributed by atoms with Crippen molar-refractivity contribution in [1.82, 2.24) is 19.7 Å². The Morgan fingerprint density at radius 2 is 2.09 bits per heavy atom. The molecule has 0 radical (unpaired) electrons. The Balaban J connectivity index is 1.68. The van der Waals surface area contributed by atoms with E-state index in [1.807, 2.05) is 4.90 Å². The molecule has 1 aliphatic rings. The summed E-state index contributed by atoms with van der Waals surface area (Å²) in [5, 5.41) is 4.01. The number of benzene rings is 1. The first-order valence-corrected chi connectivity index (χ1v) is 7.61. The van der Waals surface area contributed by atoms with E-state index in [4.69, 9.17) is 0 Å². The van der Waals surface area contributed by atoms with Gasteiger partial charge in [-0.15, -0.1) is 0 Å². The molecule has 0 saturated carbocycles. The second-order valence-electron chi connectivity index (χ2n) is 5.56. The Hall–Kier alpha value is -2.24. The molecule has 0 aliphatic carbocycles. The standard InChI is InChI=1S/C16H19FN4O/c17-14-6-4-13(5-7-14)15-3-1-2-9-21(15)16(22)8-10-20-12-18-11-19-20/h4-7,11-12,15H,1-3,8-10H2/t15-/m1/s1. The molecule has 0 bridgehead atoms. The van der Waals surface area contributed by atoms with Crippen LogP contribution < -0.4 is 0 Å². The minimum Gasteiger partial charge on any atom is -0.336 e. The molecule has 22 heavy (non-hydrogen) atoms. The molecule has 0 N–H and O–H groups in total. The van der Waals surface area contributed by atoms with Crippen molar-refractivity contribution >= 4 is 5.91 Å². The number of hydrogen-bond acceptors (Lipinski definition) is 3. The highest BCUT2D eigenvalue weighted by Gasteiger charge is 2.27. The van der Waals surface area contributed by atoms with E-state index in [9.17, 15) is 9.18 Å². The second kappa shape index (κ2) is 6.68. The van der Waals surface area contributed by atoms with Crippen molar-refractivity contribution in [3.05, 3.63) is 48.3 Å². The molecule has 1 fully saturated rings. The minimum absolute atomic E-state index is 0.0533. The van der Waals surface area contributed by atoms with Crippen LogP contribution in [-0.4, -0.2) is 32.1 Å². The van der Waals surface area contributed by atoms with Crippen molar-refractivity contribution in [2.45, 2.75) is 38.3 Å².